The van der Waals surface area contributed by atoms with Gasteiger partial charge < -0.3 is 10.1 Å². The molecular formula is C13H11BrN2O2. The van der Waals surface area contributed by atoms with Crippen molar-refractivity contribution in [2.45, 2.75) is 0 Å². The van der Waals surface area contributed by atoms with Crippen LogP contribution in [0, 0.1) is 0 Å². The van der Waals surface area contributed by atoms with Crippen LogP contribution in [0.15, 0.2) is 47.2 Å². The van der Waals surface area contributed by atoms with Gasteiger partial charge in [0.05, 0.1) is 24.6 Å². The van der Waals surface area contributed by atoms with E-state index >= 15 is 0 Å². The number of nitrogens with zero attached hydrogens (tertiary/aromatic N) is 1. The number of para-hydroxylation sites is 1. The minimum atomic E-state index is -0.229. The van der Waals surface area contributed by atoms with E-state index < -0.39 is 0 Å². The Morgan fingerprint density at radius 1 is 1.33 bits per heavy atom. The lowest BCUT2D eigenvalue weighted by Crippen LogP contribution is -2.13. The molecule has 1 amide bonds. The average molecular weight is 307 g/mol. The smallest absolute Gasteiger partial charge is 0.259 e. The monoisotopic (exact) mass is 306 g/mol. The number of ether oxygens (including phenoxy) is 1. The molecule has 0 saturated heterocycles. The predicted molar refractivity (Wildman–Crippen MR) is 72.9 cm³/mol. The first-order valence-corrected chi connectivity index (χ1v) is 6.05. The number of benzene rings is 1. The molecule has 0 aliphatic carbocycles. The van der Waals surface area contributed by atoms with Crippen LogP contribution >= 0.6 is 15.9 Å². The number of hydrogen-bond donors (Lipinski definition) is 1. The van der Waals surface area contributed by atoms with Crippen molar-refractivity contribution in [2.75, 3.05) is 12.4 Å². The summed E-state index contributed by atoms with van der Waals surface area (Å²) in [6.45, 7) is 0. The first-order valence-electron chi connectivity index (χ1n) is 5.25. The summed E-state index contributed by atoms with van der Waals surface area (Å²) in [4.78, 5) is 16.1. The molecule has 0 unspecified atom stereocenters. The van der Waals surface area contributed by atoms with Crippen molar-refractivity contribution < 1.29 is 9.53 Å². The van der Waals surface area contributed by atoms with Gasteiger partial charge in [-0.05, 0) is 34.1 Å². The lowest BCUT2D eigenvalue weighted by atomic mass is 10.2. The average Bonchev–Trinajstić information content (AvgIpc) is 2.38. The standard InChI is InChI=1S/C13H11BrN2O2/c1-18-12-5-3-2-4-11(12)13(17)16-10-6-9(14)7-15-8-10/h2-8H,1H3,(H,16,17). The summed E-state index contributed by atoms with van der Waals surface area (Å²) in [5.41, 5.74) is 1.11. The van der Waals surface area contributed by atoms with Crippen molar-refractivity contribution in [2.24, 2.45) is 0 Å². The molecule has 92 valence electrons. The number of pyridine rings is 1. The molecule has 18 heavy (non-hydrogen) atoms. The molecule has 0 saturated carbocycles. The van der Waals surface area contributed by atoms with Gasteiger partial charge in [-0.2, -0.15) is 0 Å². The third-order valence-corrected chi connectivity index (χ3v) is 2.75. The number of nitrogens with one attached hydrogen (secondary N) is 1. The Bertz CT molecular complexity index is 572. The molecule has 1 heterocycles. The van der Waals surface area contributed by atoms with E-state index in [1.165, 1.54) is 7.11 Å². The minimum Gasteiger partial charge on any atom is -0.496 e. The summed E-state index contributed by atoms with van der Waals surface area (Å²) in [6, 6.07) is 8.83. The predicted octanol–water partition coefficient (Wildman–Crippen LogP) is 3.11. The number of aromatic nitrogens is 1. The largest absolute Gasteiger partial charge is 0.496 e. The number of hydrogen-bond acceptors (Lipinski definition) is 3. The number of methoxy groups -OCH3 is 1. The van der Waals surface area contributed by atoms with Gasteiger partial charge in [-0.1, -0.05) is 12.1 Å². The molecule has 2 aromatic rings. The molecule has 1 aromatic heterocycles. The van der Waals surface area contributed by atoms with Crippen LogP contribution in [0.25, 0.3) is 0 Å². The quantitative estimate of drug-likeness (QED) is 0.948. The molecule has 1 N–H and O–H groups in total. The molecule has 1 aromatic carbocycles. The van der Waals surface area contributed by atoms with Gasteiger partial charge in [-0.3, -0.25) is 9.78 Å². The Hall–Kier alpha value is -1.88. The Kier molecular flexibility index (Phi) is 3.94. The SMILES string of the molecule is COc1ccccc1C(=O)Nc1cncc(Br)c1. The number of anilines is 1. The summed E-state index contributed by atoms with van der Waals surface area (Å²) in [6.07, 6.45) is 3.23. The van der Waals surface area contributed by atoms with Crippen molar-refractivity contribution in [1.29, 1.82) is 0 Å². The van der Waals surface area contributed by atoms with E-state index in [1.807, 2.05) is 6.07 Å². The van der Waals surface area contributed by atoms with E-state index in [9.17, 15) is 4.79 Å². The Morgan fingerprint density at radius 3 is 2.83 bits per heavy atom. The van der Waals surface area contributed by atoms with Gasteiger partial charge in [0.1, 0.15) is 5.75 Å². The second-order valence-electron chi connectivity index (χ2n) is 3.55. The van der Waals surface area contributed by atoms with Gasteiger partial charge in [0.25, 0.3) is 5.91 Å². The van der Waals surface area contributed by atoms with Crippen LogP contribution in [0.5, 0.6) is 5.75 Å². The molecule has 0 aliphatic heterocycles. The fourth-order valence-electron chi connectivity index (χ4n) is 1.51. The fourth-order valence-corrected chi connectivity index (χ4v) is 1.88. The Labute approximate surface area is 113 Å². The third kappa shape index (κ3) is 2.87. The van der Waals surface area contributed by atoms with Crippen LogP contribution < -0.4 is 10.1 Å². The van der Waals surface area contributed by atoms with Gasteiger partial charge >= 0.3 is 0 Å². The van der Waals surface area contributed by atoms with Gasteiger partial charge in [-0.15, -0.1) is 0 Å². The number of amides is 1. The maximum Gasteiger partial charge on any atom is 0.259 e. The van der Waals surface area contributed by atoms with E-state index in [4.69, 9.17) is 4.74 Å². The number of carbonyl (C=O) groups is 1. The topological polar surface area (TPSA) is 51.2 Å². The fraction of sp³-hybridized carbons (Fsp3) is 0.0769. The Morgan fingerprint density at radius 2 is 2.11 bits per heavy atom. The molecule has 0 radical (unpaired) electrons. The number of halogens is 1. The molecule has 5 heteroatoms. The maximum absolute atomic E-state index is 12.1. The molecule has 0 fully saturated rings. The van der Waals surface area contributed by atoms with E-state index in [2.05, 4.69) is 26.2 Å². The van der Waals surface area contributed by atoms with Crippen LogP contribution in [0.2, 0.25) is 0 Å². The van der Waals surface area contributed by atoms with Crippen LogP contribution in [0.1, 0.15) is 10.4 Å². The zero-order chi connectivity index (χ0) is 13.0. The molecule has 2 rings (SSSR count). The summed E-state index contributed by atoms with van der Waals surface area (Å²) in [5.74, 6) is 0.310. The highest BCUT2D eigenvalue weighted by Crippen LogP contribution is 2.20. The zero-order valence-electron chi connectivity index (χ0n) is 9.68. The van der Waals surface area contributed by atoms with Gasteiger partial charge in [0, 0.05) is 10.7 Å². The van der Waals surface area contributed by atoms with Gasteiger partial charge in [0.15, 0.2) is 0 Å². The number of rotatable bonds is 3. The molecule has 0 aliphatic rings. The maximum atomic E-state index is 12.1. The van der Waals surface area contributed by atoms with Crippen molar-refractivity contribution >= 4 is 27.5 Å². The second-order valence-corrected chi connectivity index (χ2v) is 4.46. The summed E-state index contributed by atoms with van der Waals surface area (Å²) >= 11 is 3.30. The first-order chi connectivity index (χ1) is 8.70. The third-order valence-electron chi connectivity index (χ3n) is 2.31. The lowest BCUT2D eigenvalue weighted by Gasteiger charge is -2.08. The highest BCUT2D eigenvalue weighted by molar-refractivity contribution is 9.10. The van der Waals surface area contributed by atoms with Crippen molar-refractivity contribution in [1.82, 2.24) is 4.98 Å². The van der Waals surface area contributed by atoms with E-state index in [1.54, 1.807) is 36.7 Å². The van der Waals surface area contributed by atoms with Crippen LogP contribution in [0.4, 0.5) is 5.69 Å². The van der Waals surface area contributed by atoms with E-state index in [0.717, 1.165) is 4.47 Å². The summed E-state index contributed by atoms with van der Waals surface area (Å²) in [5, 5.41) is 2.76. The number of carbonyl (C=O) groups excluding carboxylic acids is 1. The van der Waals surface area contributed by atoms with E-state index in [0.29, 0.717) is 17.0 Å². The Balaban J connectivity index is 2.22. The second kappa shape index (κ2) is 5.64. The van der Waals surface area contributed by atoms with Crippen LogP contribution in [-0.4, -0.2) is 18.0 Å². The molecule has 0 bridgehead atoms. The van der Waals surface area contributed by atoms with Crippen molar-refractivity contribution in [3.63, 3.8) is 0 Å². The van der Waals surface area contributed by atoms with Crippen LogP contribution in [0.3, 0.4) is 0 Å². The highest BCUT2D eigenvalue weighted by Gasteiger charge is 2.11. The molecule has 0 spiro atoms. The zero-order valence-corrected chi connectivity index (χ0v) is 11.3. The van der Waals surface area contributed by atoms with E-state index in [-0.39, 0.29) is 5.91 Å². The normalized spacial score (nSPS) is 9.89. The lowest BCUT2D eigenvalue weighted by molar-refractivity contribution is 0.102. The highest BCUT2D eigenvalue weighted by atomic mass is 79.9. The summed E-state index contributed by atoms with van der Waals surface area (Å²) < 4.78 is 5.95. The van der Waals surface area contributed by atoms with Crippen LogP contribution in [-0.2, 0) is 0 Å². The molecule has 4 nitrogen and oxygen atoms in total. The minimum absolute atomic E-state index is 0.229. The van der Waals surface area contributed by atoms with Gasteiger partial charge in [0.2, 0.25) is 0 Å². The molecular weight excluding hydrogens is 296 g/mol. The first kappa shape index (κ1) is 12.6. The summed E-state index contributed by atoms with van der Waals surface area (Å²) in [7, 11) is 1.53. The van der Waals surface area contributed by atoms with Crippen molar-refractivity contribution in [3.05, 3.63) is 52.8 Å². The molecule has 0 atom stereocenters. The van der Waals surface area contributed by atoms with Gasteiger partial charge in [-0.25, -0.2) is 0 Å². The van der Waals surface area contributed by atoms with Crippen molar-refractivity contribution in [3.8, 4) is 5.75 Å².